The summed E-state index contributed by atoms with van der Waals surface area (Å²) >= 11 is 0. The van der Waals surface area contributed by atoms with Crippen molar-refractivity contribution in [2.24, 2.45) is 17.6 Å². The molecular weight excluding hydrogens is 258 g/mol. The quantitative estimate of drug-likeness (QED) is 0.657. The van der Waals surface area contributed by atoms with Gasteiger partial charge in [0.2, 0.25) is 11.8 Å². The molecule has 2 aliphatic rings. The van der Waals surface area contributed by atoms with Gasteiger partial charge in [-0.05, 0) is 38.8 Å². The van der Waals surface area contributed by atoms with Gasteiger partial charge in [0.25, 0.3) is 0 Å². The minimum Gasteiger partial charge on any atom is -0.381 e. The van der Waals surface area contributed by atoms with Crippen LogP contribution in [0.5, 0.6) is 0 Å². The Bertz CT molecular complexity index is 343. The Hall–Kier alpha value is -1.14. The second kappa shape index (κ2) is 7.59. The van der Waals surface area contributed by atoms with Gasteiger partial charge in [-0.25, -0.2) is 0 Å². The summed E-state index contributed by atoms with van der Waals surface area (Å²) in [6, 6.07) is 0. The fourth-order valence-electron chi connectivity index (χ4n) is 2.89. The molecule has 20 heavy (non-hydrogen) atoms. The third kappa shape index (κ3) is 4.45. The Morgan fingerprint density at radius 2 is 2.15 bits per heavy atom. The van der Waals surface area contributed by atoms with Gasteiger partial charge in [-0.3, -0.25) is 9.59 Å². The largest absolute Gasteiger partial charge is 0.381 e. The normalized spacial score (nSPS) is 27.4. The molecule has 0 saturated carbocycles. The average molecular weight is 283 g/mol. The third-order valence-electron chi connectivity index (χ3n) is 4.16. The average Bonchev–Trinajstić information content (AvgIpc) is 2.98. The highest BCUT2D eigenvalue weighted by molar-refractivity contribution is 5.79. The van der Waals surface area contributed by atoms with Gasteiger partial charge in [0.15, 0.2) is 0 Å². The SMILES string of the molecule is NC(=O)C1CCCN(CCCNC(=O)C2CCOC2)C1. The van der Waals surface area contributed by atoms with E-state index in [9.17, 15) is 9.59 Å². The highest BCUT2D eigenvalue weighted by Crippen LogP contribution is 2.16. The van der Waals surface area contributed by atoms with Crippen LogP contribution in [0, 0.1) is 11.8 Å². The van der Waals surface area contributed by atoms with E-state index >= 15 is 0 Å². The van der Waals surface area contributed by atoms with Crippen LogP contribution in [0.25, 0.3) is 0 Å². The van der Waals surface area contributed by atoms with Crippen molar-refractivity contribution in [3.05, 3.63) is 0 Å². The summed E-state index contributed by atoms with van der Waals surface area (Å²) in [6.07, 6.45) is 3.67. The molecule has 0 aromatic carbocycles. The molecule has 2 amide bonds. The predicted molar refractivity (Wildman–Crippen MR) is 74.9 cm³/mol. The number of rotatable bonds is 6. The van der Waals surface area contributed by atoms with Gasteiger partial charge in [-0.2, -0.15) is 0 Å². The summed E-state index contributed by atoms with van der Waals surface area (Å²) in [5.74, 6) is -0.0569. The highest BCUT2D eigenvalue weighted by Gasteiger charge is 2.24. The van der Waals surface area contributed by atoms with Gasteiger partial charge in [0.1, 0.15) is 0 Å². The van der Waals surface area contributed by atoms with Gasteiger partial charge < -0.3 is 20.7 Å². The van der Waals surface area contributed by atoms with Crippen molar-refractivity contribution in [1.29, 1.82) is 0 Å². The number of piperidine rings is 1. The second-order valence-corrected chi connectivity index (χ2v) is 5.75. The fourth-order valence-corrected chi connectivity index (χ4v) is 2.89. The van der Waals surface area contributed by atoms with Crippen molar-refractivity contribution in [2.75, 3.05) is 39.4 Å². The number of nitrogens with one attached hydrogen (secondary N) is 1. The van der Waals surface area contributed by atoms with Crippen molar-refractivity contribution in [3.8, 4) is 0 Å². The Balaban J connectivity index is 1.58. The minimum atomic E-state index is -0.191. The molecule has 2 rings (SSSR count). The summed E-state index contributed by atoms with van der Waals surface area (Å²) < 4.78 is 5.20. The van der Waals surface area contributed by atoms with Crippen LogP contribution in [0.2, 0.25) is 0 Å². The van der Waals surface area contributed by atoms with Crippen LogP contribution >= 0.6 is 0 Å². The molecule has 0 aliphatic carbocycles. The zero-order valence-corrected chi connectivity index (χ0v) is 12.0. The Morgan fingerprint density at radius 3 is 2.85 bits per heavy atom. The molecule has 0 aromatic heterocycles. The molecule has 0 bridgehead atoms. The van der Waals surface area contributed by atoms with Crippen LogP contribution in [0.1, 0.15) is 25.7 Å². The molecule has 2 atom stereocenters. The first-order valence-corrected chi connectivity index (χ1v) is 7.54. The molecule has 0 aromatic rings. The standard InChI is InChI=1S/C14H25N3O3/c15-13(18)11-3-1-6-17(9-11)7-2-5-16-14(19)12-4-8-20-10-12/h11-12H,1-10H2,(H2,15,18)(H,16,19). The monoisotopic (exact) mass is 283 g/mol. The molecule has 0 radical (unpaired) electrons. The summed E-state index contributed by atoms with van der Waals surface area (Å²) in [6.45, 7) is 4.63. The number of ether oxygens (including phenoxy) is 1. The number of nitrogens with two attached hydrogens (primary N) is 1. The summed E-state index contributed by atoms with van der Waals surface area (Å²) in [5, 5.41) is 2.96. The maximum atomic E-state index is 11.8. The van der Waals surface area contributed by atoms with E-state index in [-0.39, 0.29) is 23.7 Å². The lowest BCUT2D eigenvalue weighted by molar-refractivity contribution is -0.125. The van der Waals surface area contributed by atoms with Crippen molar-refractivity contribution in [1.82, 2.24) is 10.2 Å². The number of carbonyl (C=O) groups is 2. The number of amides is 2. The zero-order chi connectivity index (χ0) is 14.4. The van der Waals surface area contributed by atoms with E-state index in [1.54, 1.807) is 0 Å². The van der Waals surface area contributed by atoms with Crippen LogP contribution in [0.4, 0.5) is 0 Å². The number of hydrogen-bond acceptors (Lipinski definition) is 4. The number of likely N-dealkylation sites (tertiary alicyclic amines) is 1. The molecule has 2 unspecified atom stereocenters. The number of carbonyl (C=O) groups excluding carboxylic acids is 2. The summed E-state index contributed by atoms with van der Waals surface area (Å²) in [5.41, 5.74) is 5.36. The number of hydrogen-bond donors (Lipinski definition) is 2. The van der Waals surface area contributed by atoms with Gasteiger partial charge in [0, 0.05) is 19.7 Å². The molecule has 6 nitrogen and oxygen atoms in total. The molecule has 6 heteroatoms. The van der Waals surface area contributed by atoms with Crippen molar-refractivity contribution in [3.63, 3.8) is 0 Å². The molecule has 2 heterocycles. The summed E-state index contributed by atoms with van der Waals surface area (Å²) in [7, 11) is 0. The maximum Gasteiger partial charge on any atom is 0.225 e. The van der Waals surface area contributed by atoms with E-state index in [2.05, 4.69) is 10.2 Å². The topological polar surface area (TPSA) is 84.7 Å². The van der Waals surface area contributed by atoms with E-state index in [4.69, 9.17) is 10.5 Å². The third-order valence-corrected chi connectivity index (χ3v) is 4.16. The fraction of sp³-hybridized carbons (Fsp3) is 0.857. The first-order valence-electron chi connectivity index (χ1n) is 7.54. The van der Waals surface area contributed by atoms with Crippen molar-refractivity contribution >= 4 is 11.8 Å². The van der Waals surface area contributed by atoms with Crippen LogP contribution in [0.3, 0.4) is 0 Å². The van der Waals surface area contributed by atoms with Crippen LogP contribution < -0.4 is 11.1 Å². The Kier molecular flexibility index (Phi) is 5.79. The maximum absolute atomic E-state index is 11.8. The van der Waals surface area contributed by atoms with E-state index in [1.807, 2.05) is 0 Å². The first kappa shape index (κ1) is 15.3. The number of nitrogens with zero attached hydrogens (tertiary/aromatic N) is 1. The van der Waals surface area contributed by atoms with Gasteiger partial charge in [-0.1, -0.05) is 0 Å². The van der Waals surface area contributed by atoms with Crippen molar-refractivity contribution in [2.45, 2.75) is 25.7 Å². The Morgan fingerprint density at radius 1 is 1.30 bits per heavy atom. The van der Waals surface area contributed by atoms with Crippen molar-refractivity contribution < 1.29 is 14.3 Å². The summed E-state index contributed by atoms with van der Waals surface area (Å²) in [4.78, 5) is 25.2. The van der Waals surface area contributed by atoms with E-state index in [0.29, 0.717) is 19.8 Å². The van der Waals surface area contributed by atoms with Gasteiger partial charge in [-0.15, -0.1) is 0 Å². The zero-order valence-electron chi connectivity index (χ0n) is 12.0. The minimum absolute atomic E-state index is 0.00558. The lowest BCUT2D eigenvalue weighted by atomic mass is 9.97. The molecule has 2 aliphatic heterocycles. The highest BCUT2D eigenvalue weighted by atomic mass is 16.5. The van der Waals surface area contributed by atoms with Crippen LogP contribution in [0.15, 0.2) is 0 Å². The van der Waals surface area contributed by atoms with E-state index < -0.39 is 0 Å². The molecule has 3 N–H and O–H groups in total. The molecule has 2 fully saturated rings. The van der Waals surface area contributed by atoms with E-state index in [1.165, 1.54) is 0 Å². The molecule has 2 saturated heterocycles. The molecule has 114 valence electrons. The van der Waals surface area contributed by atoms with Crippen LogP contribution in [-0.4, -0.2) is 56.1 Å². The molecular formula is C14H25N3O3. The number of primary amides is 1. The second-order valence-electron chi connectivity index (χ2n) is 5.75. The smallest absolute Gasteiger partial charge is 0.225 e. The van der Waals surface area contributed by atoms with Crippen LogP contribution in [-0.2, 0) is 14.3 Å². The Labute approximate surface area is 120 Å². The molecule has 0 spiro atoms. The first-order chi connectivity index (χ1) is 9.66. The predicted octanol–water partition coefficient (Wildman–Crippen LogP) is -0.273. The lowest BCUT2D eigenvalue weighted by Crippen LogP contribution is -2.42. The van der Waals surface area contributed by atoms with Gasteiger partial charge >= 0.3 is 0 Å². The van der Waals surface area contributed by atoms with E-state index in [0.717, 1.165) is 45.3 Å². The lowest BCUT2D eigenvalue weighted by Gasteiger charge is -2.31. The van der Waals surface area contributed by atoms with Gasteiger partial charge in [0.05, 0.1) is 18.4 Å².